The second-order valence-corrected chi connectivity index (χ2v) is 18.0. The van der Waals surface area contributed by atoms with Gasteiger partial charge < -0.3 is 4.42 Å². The summed E-state index contributed by atoms with van der Waals surface area (Å²) in [4.78, 5) is 5.34. The zero-order valence-corrected chi connectivity index (χ0v) is 35.4. The van der Waals surface area contributed by atoms with Gasteiger partial charge in [0.15, 0.2) is 29.7 Å². The van der Waals surface area contributed by atoms with Crippen LogP contribution in [-0.4, -0.2) is 4.98 Å². The summed E-state index contributed by atoms with van der Waals surface area (Å²) >= 11 is 0. The third kappa shape index (κ3) is 5.98. The third-order valence-corrected chi connectivity index (χ3v) is 14.3. The van der Waals surface area contributed by atoms with E-state index in [1.54, 1.807) is 0 Å². The van der Waals surface area contributed by atoms with Crippen LogP contribution in [0.25, 0.3) is 72.7 Å². The van der Waals surface area contributed by atoms with E-state index in [-0.39, 0.29) is 6.04 Å². The number of benzene rings is 4. The summed E-state index contributed by atoms with van der Waals surface area (Å²) in [5.74, 6) is 0.865. The first-order valence-corrected chi connectivity index (χ1v) is 22.2. The average molecular weight is 784 g/mol. The highest BCUT2D eigenvalue weighted by molar-refractivity contribution is 6.09. The Kier molecular flexibility index (Phi) is 8.95. The summed E-state index contributed by atoms with van der Waals surface area (Å²) in [6.45, 7) is 13.9. The van der Waals surface area contributed by atoms with Crippen LogP contribution in [0.2, 0.25) is 0 Å². The number of furan rings is 1. The zero-order chi connectivity index (χ0) is 40.6. The van der Waals surface area contributed by atoms with Gasteiger partial charge >= 0.3 is 0 Å². The lowest BCUT2D eigenvalue weighted by atomic mass is 9.77. The van der Waals surface area contributed by atoms with Crippen LogP contribution < -0.4 is 9.13 Å². The maximum Gasteiger partial charge on any atom is 0.227 e. The van der Waals surface area contributed by atoms with Crippen molar-refractivity contribution in [3.05, 3.63) is 167 Å². The second-order valence-electron chi connectivity index (χ2n) is 18.0. The van der Waals surface area contributed by atoms with Crippen molar-refractivity contribution in [2.24, 2.45) is 0 Å². The SMILES string of the molecule is C=C1CC2c3ccccc3-c3ccc(C)c[n+]3C2CCc2ccc3c(oc4nc(-c5c(C)ccc(-c6ccccc6)c5C)ccc43)c2-c2cc(C)c(C3CCCCC3)c[n+]21. The Bertz CT molecular complexity index is 3020. The van der Waals surface area contributed by atoms with E-state index in [0.717, 1.165) is 47.0 Å². The van der Waals surface area contributed by atoms with E-state index in [2.05, 4.69) is 158 Å². The molecule has 1 aliphatic carbocycles. The minimum atomic E-state index is 0.276. The van der Waals surface area contributed by atoms with E-state index in [9.17, 15) is 0 Å². The van der Waals surface area contributed by atoms with Crippen LogP contribution >= 0.6 is 0 Å². The molecule has 4 aromatic carbocycles. The molecule has 4 nitrogen and oxygen atoms in total. The summed E-state index contributed by atoms with van der Waals surface area (Å²) in [7, 11) is 0. The van der Waals surface area contributed by atoms with Crippen LogP contribution in [0, 0.1) is 27.7 Å². The molecule has 2 aliphatic heterocycles. The van der Waals surface area contributed by atoms with E-state index in [1.165, 1.54) is 110 Å². The van der Waals surface area contributed by atoms with Crippen molar-refractivity contribution in [2.75, 3.05) is 0 Å². The minimum absolute atomic E-state index is 0.276. The number of rotatable bonds is 3. The Balaban J connectivity index is 1.12. The normalized spacial score (nSPS) is 17.8. The van der Waals surface area contributed by atoms with Crippen LogP contribution in [0.3, 0.4) is 0 Å². The standard InChI is InChI=1S/C56H53N3O/c1-34-20-28-50-44-19-13-12-18-43(44)47-31-37(4)58-33-48(40-16-10-7-11-17-40)36(3)30-52(58)54-41(23-29-51(47)59(50)32-34)22-25-45-46-26-27-49(57-56(46)60-55(45)54)53-35(2)21-24-42(38(53)5)39-14-8-6-9-15-39/h6,8-9,12-15,18-22,24-28,30,32-33,40,47,51H,4,7,10-11,16-17,23,29,31H2,1-3,5H3/q+2. The molecule has 2 unspecified atom stereocenters. The molecule has 4 aromatic heterocycles. The van der Waals surface area contributed by atoms with E-state index >= 15 is 0 Å². The molecule has 11 rings (SSSR count). The monoisotopic (exact) mass is 783 g/mol. The van der Waals surface area contributed by atoms with Crippen LogP contribution in [0.5, 0.6) is 0 Å². The van der Waals surface area contributed by atoms with Crippen LogP contribution in [0.1, 0.15) is 102 Å². The van der Waals surface area contributed by atoms with Crippen molar-refractivity contribution < 1.29 is 13.6 Å². The van der Waals surface area contributed by atoms with Gasteiger partial charge in [0.25, 0.3) is 0 Å². The highest BCUT2D eigenvalue weighted by atomic mass is 16.3. The largest absolute Gasteiger partial charge is 0.437 e. The molecule has 0 bridgehead atoms. The van der Waals surface area contributed by atoms with E-state index in [4.69, 9.17) is 16.0 Å². The van der Waals surface area contributed by atoms with E-state index < -0.39 is 0 Å². The van der Waals surface area contributed by atoms with E-state index in [1.807, 2.05) is 0 Å². The number of allylic oxidation sites excluding steroid dienone is 1. The molecule has 296 valence electrons. The van der Waals surface area contributed by atoms with E-state index in [0.29, 0.717) is 17.5 Å². The summed E-state index contributed by atoms with van der Waals surface area (Å²) in [5, 5.41) is 2.16. The summed E-state index contributed by atoms with van der Waals surface area (Å²) in [6, 6.07) is 40.7. The van der Waals surface area contributed by atoms with Crippen molar-refractivity contribution in [3.63, 3.8) is 0 Å². The van der Waals surface area contributed by atoms with Crippen LogP contribution in [-0.2, 0) is 6.42 Å². The summed E-state index contributed by atoms with van der Waals surface area (Å²) in [6.07, 6.45) is 14.1. The molecule has 0 radical (unpaired) electrons. The van der Waals surface area contributed by atoms with Gasteiger partial charge in [0.2, 0.25) is 17.1 Å². The van der Waals surface area contributed by atoms with Crippen LogP contribution in [0.15, 0.2) is 133 Å². The Hall–Kier alpha value is -6.13. The number of pyridine rings is 3. The van der Waals surface area contributed by atoms with Crippen LogP contribution in [0.4, 0.5) is 0 Å². The molecule has 60 heavy (non-hydrogen) atoms. The molecule has 0 spiro atoms. The number of aromatic nitrogens is 3. The molecule has 0 N–H and O–H groups in total. The molecule has 0 amide bonds. The third-order valence-electron chi connectivity index (χ3n) is 14.3. The number of fused-ring (bicyclic) bond motifs is 13. The first-order chi connectivity index (χ1) is 29.3. The number of hydrogen-bond donors (Lipinski definition) is 0. The van der Waals surface area contributed by atoms with Gasteiger partial charge in [-0.2, -0.15) is 9.13 Å². The smallest absolute Gasteiger partial charge is 0.227 e. The molecule has 0 saturated heterocycles. The van der Waals surface area contributed by atoms with Gasteiger partial charge in [0.05, 0.1) is 17.2 Å². The Labute approximate surface area is 353 Å². The Morgan fingerprint density at radius 2 is 1.47 bits per heavy atom. The van der Waals surface area contributed by atoms with Gasteiger partial charge in [-0.05, 0) is 123 Å². The lowest BCUT2D eigenvalue weighted by Gasteiger charge is -2.31. The van der Waals surface area contributed by atoms with Crippen molar-refractivity contribution in [2.45, 2.75) is 96.9 Å². The molecule has 4 heteroatoms. The molecule has 3 aliphatic rings. The highest BCUT2D eigenvalue weighted by Gasteiger charge is 2.43. The fourth-order valence-electron chi connectivity index (χ4n) is 11.4. The molecule has 1 fully saturated rings. The minimum Gasteiger partial charge on any atom is -0.437 e. The molecule has 2 atom stereocenters. The zero-order valence-electron chi connectivity index (χ0n) is 35.4. The lowest BCUT2D eigenvalue weighted by Crippen LogP contribution is -2.49. The fourth-order valence-corrected chi connectivity index (χ4v) is 11.4. The molecule has 1 saturated carbocycles. The van der Waals surface area contributed by atoms with Crippen molar-refractivity contribution in [1.82, 2.24) is 4.98 Å². The van der Waals surface area contributed by atoms with Gasteiger partial charge in [0, 0.05) is 58.0 Å². The predicted molar refractivity (Wildman–Crippen MR) is 245 cm³/mol. The van der Waals surface area contributed by atoms with Gasteiger partial charge in [-0.1, -0.05) is 92.1 Å². The number of hydrogen-bond acceptors (Lipinski definition) is 2. The van der Waals surface area contributed by atoms with Crippen molar-refractivity contribution >= 4 is 27.8 Å². The van der Waals surface area contributed by atoms with Crippen molar-refractivity contribution in [1.29, 1.82) is 0 Å². The molecule has 6 heterocycles. The van der Waals surface area contributed by atoms with Gasteiger partial charge in [-0.25, -0.2) is 4.98 Å². The highest BCUT2D eigenvalue weighted by Crippen LogP contribution is 2.47. The first kappa shape index (κ1) is 36.9. The first-order valence-electron chi connectivity index (χ1n) is 22.2. The topological polar surface area (TPSA) is 33.8 Å². The Morgan fingerprint density at radius 3 is 2.32 bits per heavy atom. The maximum atomic E-state index is 7.12. The second kappa shape index (κ2) is 14.6. The summed E-state index contributed by atoms with van der Waals surface area (Å²) < 4.78 is 12.2. The number of aryl methyl sites for hydroxylation is 4. The fraction of sp³-hybridized carbons (Fsp3) is 0.268. The van der Waals surface area contributed by atoms with Gasteiger partial charge in [-0.15, -0.1) is 0 Å². The average Bonchev–Trinajstić information content (AvgIpc) is 3.64. The van der Waals surface area contributed by atoms with Crippen molar-refractivity contribution in [3.8, 4) is 44.9 Å². The van der Waals surface area contributed by atoms with Gasteiger partial charge in [-0.3, -0.25) is 0 Å². The predicted octanol–water partition coefficient (Wildman–Crippen LogP) is 13.7. The molecular formula is C56H53N3O+2. The quantitative estimate of drug-likeness (QED) is 0.167. The van der Waals surface area contributed by atoms with Gasteiger partial charge in [0.1, 0.15) is 0 Å². The number of nitrogens with zero attached hydrogens (tertiary/aromatic N) is 3. The lowest BCUT2D eigenvalue weighted by molar-refractivity contribution is -0.719. The molecule has 8 aromatic rings. The summed E-state index contributed by atoms with van der Waals surface area (Å²) in [5.41, 5.74) is 21.6. The maximum absolute atomic E-state index is 7.12. The molecular weight excluding hydrogens is 731 g/mol. The Morgan fingerprint density at radius 1 is 0.667 bits per heavy atom.